The summed E-state index contributed by atoms with van der Waals surface area (Å²) in [5.74, 6) is 0. The van der Waals surface area contributed by atoms with Crippen LogP contribution in [0.2, 0.25) is 6.55 Å². The van der Waals surface area contributed by atoms with Gasteiger partial charge in [-0.3, -0.25) is 0 Å². The summed E-state index contributed by atoms with van der Waals surface area (Å²) >= 11 is 0. The predicted molar refractivity (Wildman–Crippen MR) is 90.2 cm³/mol. The Balaban J connectivity index is 0. The van der Waals surface area contributed by atoms with Crippen molar-refractivity contribution in [3.63, 3.8) is 0 Å². The Labute approximate surface area is 126 Å². The summed E-state index contributed by atoms with van der Waals surface area (Å²) in [6.45, 7) is 13.1. The fourth-order valence-electron chi connectivity index (χ4n) is 1.51. The fourth-order valence-corrected chi connectivity index (χ4v) is 9.90. The van der Waals surface area contributed by atoms with Gasteiger partial charge in [-0.2, -0.15) is 0 Å². The molecule has 0 aliphatic rings. The van der Waals surface area contributed by atoms with Gasteiger partial charge in [-0.15, -0.1) is 19.7 Å². The molecule has 0 spiro atoms. The Morgan fingerprint density at radius 2 is 1.25 bits per heavy atom. The summed E-state index contributed by atoms with van der Waals surface area (Å²) in [5.41, 5.74) is 5.30. The minimum absolute atomic E-state index is 1.41. The van der Waals surface area contributed by atoms with Crippen LogP contribution in [0.3, 0.4) is 0 Å². The smallest absolute Gasteiger partial charge is 0.378 e. The van der Waals surface area contributed by atoms with Crippen LogP contribution in [-0.4, -0.2) is 60.7 Å². The molecule has 1 atom stereocenters. The third-order valence-corrected chi connectivity index (χ3v) is 16.3. The average Bonchev–Trinajstić information content (AvgIpc) is 2.51. The molecule has 20 heavy (non-hydrogen) atoms. The Bertz CT molecular complexity index is 293. The summed E-state index contributed by atoms with van der Waals surface area (Å²) in [5, 5.41) is 0. The standard InChI is InChI=1S/C8H18O3Si2.C4H10O2Si/c1-7-12(6,9-3)13(8-2,10-4)11-5;1-4-7(5-2)6-3/h7-8H,1-2H2,3-6H3;4,7H,1H2,2-3H3. The molecule has 0 amide bonds. The van der Waals surface area contributed by atoms with Crippen LogP contribution in [0.25, 0.3) is 0 Å². The molecule has 0 aliphatic heterocycles. The third kappa shape index (κ3) is 5.58. The molecule has 0 aromatic heterocycles. The van der Waals surface area contributed by atoms with Gasteiger partial charge < -0.3 is 22.1 Å². The zero-order valence-corrected chi connectivity index (χ0v) is 16.6. The molecule has 0 N–H and O–H groups in total. The lowest BCUT2D eigenvalue weighted by atomic mass is 11.3. The minimum Gasteiger partial charge on any atom is -0.413 e. The molecule has 118 valence electrons. The maximum absolute atomic E-state index is 5.49. The molecule has 0 heterocycles. The first kappa shape index (κ1) is 22.0. The van der Waals surface area contributed by atoms with Crippen LogP contribution < -0.4 is 0 Å². The van der Waals surface area contributed by atoms with E-state index in [2.05, 4.69) is 19.7 Å². The van der Waals surface area contributed by atoms with Crippen molar-refractivity contribution in [3.05, 3.63) is 36.8 Å². The molecular formula is C12H28O5Si3. The maximum Gasteiger partial charge on any atom is 0.378 e. The quantitative estimate of drug-likeness (QED) is 0.600. The SMILES string of the molecule is C=C[SiH](OC)OC.C=C[Si](C)(OC)[Si](C=C)(OC)OC. The van der Waals surface area contributed by atoms with Crippen molar-refractivity contribution >= 4 is 25.2 Å². The third-order valence-electron chi connectivity index (χ3n) is 3.04. The highest BCUT2D eigenvalue weighted by atomic mass is 29.3. The molecule has 1 unspecified atom stereocenters. The number of hydrogen-bond donors (Lipinski definition) is 0. The zero-order chi connectivity index (χ0) is 16.2. The molecule has 0 rings (SSSR count). The van der Waals surface area contributed by atoms with Gasteiger partial charge >= 0.3 is 17.4 Å². The summed E-state index contributed by atoms with van der Waals surface area (Å²) in [4.78, 5) is 0. The summed E-state index contributed by atoms with van der Waals surface area (Å²) in [6.07, 6.45) is 0. The molecular weight excluding hydrogens is 308 g/mol. The summed E-state index contributed by atoms with van der Waals surface area (Å²) in [6, 6.07) is 0. The van der Waals surface area contributed by atoms with Crippen molar-refractivity contribution in [1.82, 2.24) is 0 Å². The molecule has 0 saturated carbocycles. The van der Waals surface area contributed by atoms with E-state index in [0.717, 1.165) is 0 Å². The van der Waals surface area contributed by atoms with E-state index in [1.165, 1.54) is 0 Å². The summed E-state index contributed by atoms with van der Waals surface area (Å²) < 4.78 is 26.1. The second kappa shape index (κ2) is 11.3. The monoisotopic (exact) mass is 336 g/mol. The molecule has 0 aliphatic carbocycles. The highest BCUT2D eigenvalue weighted by Gasteiger charge is 2.53. The van der Waals surface area contributed by atoms with E-state index in [1.54, 1.807) is 46.9 Å². The first-order chi connectivity index (χ1) is 9.40. The number of hydrogen-bond acceptors (Lipinski definition) is 5. The molecule has 0 fully saturated rings. The van der Waals surface area contributed by atoms with Crippen LogP contribution in [0.5, 0.6) is 0 Å². The van der Waals surface area contributed by atoms with Gasteiger partial charge in [0.05, 0.1) is 0 Å². The molecule has 0 radical (unpaired) electrons. The van der Waals surface area contributed by atoms with Crippen LogP contribution in [0, 0.1) is 0 Å². The Kier molecular flexibility index (Phi) is 12.5. The summed E-state index contributed by atoms with van der Waals surface area (Å²) in [7, 11) is 2.23. The zero-order valence-electron chi connectivity index (χ0n) is 13.5. The number of rotatable bonds is 9. The van der Waals surface area contributed by atoms with Crippen molar-refractivity contribution in [2.75, 3.05) is 35.5 Å². The lowest BCUT2D eigenvalue weighted by molar-refractivity contribution is 0.263. The van der Waals surface area contributed by atoms with Crippen LogP contribution in [-0.2, 0) is 22.1 Å². The van der Waals surface area contributed by atoms with Gasteiger partial charge in [0, 0.05) is 35.5 Å². The van der Waals surface area contributed by atoms with Crippen LogP contribution in [0.4, 0.5) is 0 Å². The molecule has 0 saturated heterocycles. The normalized spacial score (nSPS) is 13.9. The van der Waals surface area contributed by atoms with E-state index < -0.39 is 25.2 Å². The van der Waals surface area contributed by atoms with Gasteiger partial charge in [-0.05, 0) is 6.55 Å². The van der Waals surface area contributed by atoms with E-state index in [0.29, 0.717) is 0 Å². The van der Waals surface area contributed by atoms with Crippen molar-refractivity contribution in [2.24, 2.45) is 0 Å². The fraction of sp³-hybridized carbons (Fsp3) is 0.500. The van der Waals surface area contributed by atoms with E-state index in [4.69, 9.17) is 22.1 Å². The Morgan fingerprint density at radius 1 is 0.800 bits per heavy atom. The van der Waals surface area contributed by atoms with E-state index in [1.807, 2.05) is 12.2 Å². The molecule has 5 nitrogen and oxygen atoms in total. The predicted octanol–water partition coefficient (Wildman–Crippen LogP) is 1.70. The van der Waals surface area contributed by atoms with Gasteiger partial charge in [0.25, 0.3) is 7.83 Å². The van der Waals surface area contributed by atoms with Crippen LogP contribution in [0.1, 0.15) is 0 Å². The first-order valence-corrected chi connectivity index (χ1v) is 13.0. The van der Waals surface area contributed by atoms with Gasteiger partial charge in [0.2, 0.25) is 0 Å². The lowest BCUT2D eigenvalue weighted by Gasteiger charge is -2.35. The van der Waals surface area contributed by atoms with Gasteiger partial charge in [0.15, 0.2) is 0 Å². The second-order valence-electron chi connectivity index (χ2n) is 3.87. The molecule has 8 heteroatoms. The maximum atomic E-state index is 5.49. The van der Waals surface area contributed by atoms with E-state index >= 15 is 0 Å². The van der Waals surface area contributed by atoms with Gasteiger partial charge in [0.1, 0.15) is 0 Å². The van der Waals surface area contributed by atoms with Crippen LogP contribution in [0.15, 0.2) is 36.8 Å². The Morgan fingerprint density at radius 3 is 1.30 bits per heavy atom. The highest BCUT2D eigenvalue weighted by Crippen LogP contribution is 2.23. The second-order valence-corrected chi connectivity index (χ2v) is 16.7. The van der Waals surface area contributed by atoms with Crippen molar-refractivity contribution in [1.29, 1.82) is 0 Å². The Hall–Kier alpha value is -0.329. The van der Waals surface area contributed by atoms with Crippen molar-refractivity contribution in [3.8, 4) is 0 Å². The van der Waals surface area contributed by atoms with Crippen molar-refractivity contribution < 1.29 is 22.1 Å². The molecule has 0 aromatic carbocycles. The molecule has 0 bridgehead atoms. The molecule has 0 aromatic rings. The lowest BCUT2D eigenvalue weighted by Crippen LogP contribution is -2.63. The highest BCUT2D eigenvalue weighted by molar-refractivity contribution is 7.38. The largest absolute Gasteiger partial charge is 0.413 e. The van der Waals surface area contributed by atoms with Gasteiger partial charge in [-0.1, -0.05) is 17.1 Å². The van der Waals surface area contributed by atoms with Crippen LogP contribution >= 0.6 is 0 Å². The minimum atomic E-state index is -2.41. The average molecular weight is 337 g/mol. The van der Waals surface area contributed by atoms with Crippen molar-refractivity contribution in [2.45, 2.75) is 6.55 Å². The van der Waals surface area contributed by atoms with Gasteiger partial charge in [-0.25, -0.2) is 0 Å². The topological polar surface area (TPSA) is 46.2 Å². The first-order valence-electron chi connectivity index (χ1n) is 6.01. The van der Waals surface area contributed by atoms with E-state index in [-0.39, 0.29) is 0 Å². The van der Waals surface area contributed by atoms with E-state index in [9.17, 15) is 0 Å².